The molecule has 1 amide bonds. The van der Waals surface area contributed by atoms with Gasteiger partial charge in [-0.15, -0.1) is 20.3 Å². The van der Waals surface area contributed by atoms with E-state index in [9.17, 15) is 8.68 Å². The van der Waals surface area contributed by atoms with Crippen molar-refractivity contribution in [2.24, 2.45) is 0 Å². The van der Waals surface area contributed by atoms with Crippen LogP contribution in [0.15, 0.2) is 29.3 Å². The topological polar surface area (TPSA) is 85.6 Å². The highest BCUT2D eigenvalue weighted by Crippen LogP contribution is 2.37. The van der Waals surface area contributed by atoms with E-state index in [0.717, 1.165) is 9.65 Å². The Balaban J connectivity index is 1.95. The number of halogens is 2. The number of amides is 1. The highest BCUT2D eigenvalue weighted by Gasteiger charge is 2.16. The molecule has 0 saturated carbocycles. The molecule has 3 heterocycles. The van der Waals surface area contributed by atoms with Gasteiger partial charge in [-0.2, -0.15) is 4.09 Å². The van der Waals surface area contributed by atoms with E-state index >= 15 is 0 Å². The van der Waals surface area contributed by atoms with Crippen LogP contribution in [0, 0.1) is 0 Å². The summed E-state index contributed by atoms with van der Waals surface area (Å²) < 4.78 is 14.1. The predicted octanol–water partition coefficient (Wildman–Crippen LogP) is 3.57. The van der Waals surface area contributed by atoms with Gasteiger partial charge in [0.25, 0.3) is 0 Å². The molecule has 0 aliphatic heterocycles. The summed E-state index contributed by atoms with van der Waals surface area (Å²) in [6, 6.07) is 3.50. The zero-order valence-corrected chi connectivity index (χ0v) is 14.7. The molecule has 0 aliphatic carbocycles. The van der Waals surface area contributed by atoms with Gasteiger partial charge in [0.05, 0.1) is 0 Å². The van der Waals surface area contributed by atoms with E-state index < -0.39 is 0 Å². The quantitative estimate of drug-likeness (QED) is 0.702. The van der Waals surface area contributed by atoms with Crippen molar-refractivity contribution in [3.05, 3.63) is 29.3 Å². The fourth-order valence-corrected chi connectivity index (χ4v) is 3.56. The summed E-state index contributed by atoms with van der Waals surface area (Å²) in [5.74, 6) is 0.621. The number of carbonyl (C=O) groups is 1. The monoisotopic (exact) mass is 414 g/mol. The van der Waals surface area contributed by atoms with Crippen molar-refractivity contribution in [2.45, 2.75) is 6.92 Å². The molecule has 0 aliphatic rings. The van der Waals surface area contributed by atoms with Crippen LogP contribution < -0.4 is 5.32 Å². The molecule has 0 spiro atoms. The molecule has 23 heavy (non-hydrogen) atoms. The third-order valence-electron chi connectivity index (χ3n) is 2.64. The van der Waals surface area contributed by atoms with Crippen molar-refractivity contribution in [2.75, 3.05) is 5.32 Å². The Morgan fingerprint density at radius 2 is 2.30 bits per heavy atom. The van der Waals surface area contributed by atoms with E-state index in [2.05, 4.69) is 41.3 Å². The number of rotatable bonds is 4. The average molecular weight is 415 g/mol. The summed E-state index contributed by atoms with van der Waals surface area (Å²) >= 11 is 4.68. The molecule has 0 saturated heterocycles. The standard InChI is InChI=1S/C12H8BrFN6OS2/c1-6(21)17-8-4-7(2-3-15-8)12-18-10(13)9(22-12)11-16-5-20(19-11)23-14/h2-5H,1H3,(H,15,17,21). The Morgan fingerprint density at radius 1 is 1.48 bits per heavy atom. The summed E-state index contributed by atoms with van der Waals surface area (Å²) in [6.07, 6.45) is 2.87. The number of carbonyl (C=O) groups excluding carboxylic acids is 1. The molecule has 3 rings (SSSR count). The van der Waals surface area contributed by atoms with Crippen molar-refractivity contribution in [3.63, 3.8) is 0 Å². The second-order valence-corrected chi connectivity index (χ2v) is 6.55. The van der Waals surface area contributed by atoms with Gasteiger partial charge < -0.3 is 5.32 Å². The predicted molar refractivity (Wildman–Crippen MR) is 90.5 cm³/mol. The molecule has 0 atom stereocenters. The number of hydrogen-bond donors (Lipinski definition) is 1. The normalized spacial score (nSPS) is 10.7. The van der Waals surface area contributed by atoms with Gasteiger partial charge in [0, 0.05) is 18.7 Å². The Morgan fingerprint density at radius 3 is 3.00 bits per heavy atom. The SMILES string of the molecule is CC(=O)Nc1cc(-c2nc(Br)c(-c3ncn(SF)n3)s2)ccn1. The van der Waals surface area contributed by atoms with Crippen LogP contribution in [0.2, 0.25) is 0 Å². The first-order chi connectivity index (χ1) is 11.1. The minimum absolute atomic E-state index is 0.0355. The first-order valence-electron chi connectivity index (χ1n) is 6.18. The summed E-state index contributed by atoms with van der Waals surface area (Å²) in [4.78, 5) is 24.3. The third kappa shape index (κ3) is 3.57. The number of thiazole rings is 1. The maximum atomic E-state index is 12.5. The number of aromatic nitrogens is 5. The molecule has 0 unspecified atom stereocenters. The lowest BCUT2D eigenvalue weighted by molar-refractivity contribution is -0.114. The zero-order valence-electron chi connectivity index (χ0n) is 11.5. The number of nitrogens with zero attached hydrogens (tertiary/aromatic N) is 5. The average Bonchev–Trinajstić information content (AvgIpc) is 3.13. The zero-order chi connectivity index (χ0) is 16.4. The fourth-order valence-electron chi connectivity index (χ4n) is 1.76. The maximum absolute atomic E-state index is 12.5. The molecular weight excluding hydrogens is 407 g/mol. The molecule has 118 valence electrons. The van der Waals surface area contributed by atoms with Crippen LogP contribution in [-0.4, -0.2) is 30.0 Å². The first kappa shape index (κ1) is 16.0. The summed E-state index contributed by atoms with van der Waals surface area (Å²) in [6.45, 7) is 1.41. The van der Waals surface area contributed by atoms with Crippen molar-refractivity contribution in [1.82, 2.24) is 24.1 Å². The molecule has 0 fully saturated rings. The van der Waals surface area contributed by atoms with E-state index in [0.29, 0.717) is 26.1 Å². The van der Waals surface area contributed by atoms with Gasteiger partial charge in [0.2, 0.25) is 5.91 Å². The molecule has 1 N–H and O–H groups in total. The molecular formula is C12H8BrFN6OS2. The van der Waals surface area contributed by atoms with Crippen molar-refractivity contribution < 1.29 is 8.68 Å². The second-order valence-electron chi connectivity index (χ2n) is 4.29. The number of hydrogen-bond acceptors (Lipinski definition) is 7. The lowest BCUT2D eigenvalue weighted by Gasteiger charge is -2.02. The third-order valence-corrected chi connectivity index (χ3v) is 4.90. The molecule has 0 aromatic carbocycles. The van der Waals surface area contributed by atoms with Gasteiger partial charge in [0.1, 0.15) is 26.6 Å². The Hall–Kier alpha value is -1.85. The van der Waals surface area contributed by atoms with Crippen LogP contribution in [0.5, 0.6) is 0 Å². The largest absolute Gasteiger partial charge is 0.311 e. The minimum Gasteiger partial charge on any atom is -0.311 e. The van der Waals surface area contributed by atoms with Crippen LogP contribution >= 0.6 is 39.6 Å². The van der Waals surface area contributed by atoms with Crippen LogP contribution in [0.4, 0.5) is 9.70 Å². The van der Waals surface area contributed by atoms with Crippen molar-refractivity contribution >= 4 is 51.3 Å². The minimum atomic E-state index is -0.200. The second kappa shape index (κ2) is 6.72. The molecule has 0 bridgehead atoms. The smallest absolute Gasteiger partial charge is 0.222 e. The number of nitrogens with one attached hydrogen (secondary N) is 1. The first-order valence-corrected chi connectivity index (χ1v) is 8.46. The van der Waals surface area contributed by atoms with Crippen LogP contribution in [-0.2, 0) is 4.79 Å². The van der Waals surface area contributed by atoms with E-state index in [1.807, 2.05) is 0 Å². The van der Waals surface area contributed by atoms with Crippen LogP contribution in [0.1, 0.15) is 6.92 Å². The van der Waals surface area contributed by atoms with Gasteiger partial charge in [-0.05, 0) is 28.1 Å². The van der Waals surface area contributed by atoms with Crippen LogP contribution in [0.3, 0.4) is 0 Å². The van der Waals surface area contributed by atoms with Gasteiger partial charge in [-0.3, -0.25) is 4.79 Å². The van der Waals surface area contributed by atoms with Gasteiger partial charge in [0.15, 0.2) is 18.2 Å². The lowest BCUT2D eigenvalue weighted by Crippen LogP contribution is -2.07. The van der Waals surface area contributed by atoms with Gasteiger partial charge >= 0.3 is 0 Å². The van der Waals surface area contributed by atoms with E-state index in [-0.39, 0.29) is 18.2 Å². The lowest BCUT2D eigenvalue weighted by atomic mass is 10.3. The Kier molecular flexibility index (Phi) is 4.68. The molecule has 3 aromatic rings. The fraction of sp³-hybridized carbons (Fsp3) is 0.0833. The van der Waals surface area contributed by atoms with Gasteiger partial charge in [-0.1, -0.05) is 0 Å². The Labute approximate surface area is 146 Å². The maximum Gasteiger partial charge on any atom is 0.222 e. The summed E-state index contributed by atoms with van der Waals surface area (Å²) in [5, 5.41) is 7.31. The highest BCUT2D eigenvalue weighted by atomic mass is 79.9. The van der Waals surface area contributed by atoms with E-state index in [4.69, 9.17) is 0 Å². The van der Waals surface area contributed by atoms with Gasteiger partial charge in [-0.25, -0.2) is 15.0 Å². The van der Waals surface area contributed by atoms with Crippen molar-refractivity contribution in [1.29, 1.82) is 0 Å². The number of anilines is 1. The Bertz CT molecular complexity index is 867. The highest BCUT2D eigenvalue weighted by molar-refractivity contribution is 9.10. The summed E-state index contributed by atoms with van der Waals surface area (Å²) in [7, 11) is 0. The summed E-state index contributed by atoms with van der Waals surface area (Å²) in [5.41, 5.74) is 0.792. The molecule has 7 nitrogen and oxygen atoms in total. The molecule has 3 aromatic heterocycles. The van der Waals surface area contributed by atoms with E-state index in [1.54, 1.807) is 18.3 Å². The number of pyridine rings is 1. The molecule has 0 radical (unpaired) electrons. The molecule has 11 heteroatoms. The van der Waals surface area contributed by atoms with Crippen molar-refractivity contribution in [3.8, 4) is 21.3 Å². The van der Waals surface area contributed by atoms with E-state index in [1.165, 1.54) is 24.6 Å². The van der Waals surface area contributed by atoms with Crippen LogP contribution in [0.25, 0.3) is 21.3 Å².